The first kappa shape index (κ1) is 18.4. The quantitative estimate of drug-likeness (QED) is 0.647. The fourth-order valence-corrected chi connectivity index (χ4v) is 3.78. The van der Waals surface area contributed by atoms with Gasteiger partial charge in [0.25, 0.3) is 5.91 Å². The van der Waals surface area contributed by atoms with Crippen LogP contribution >= 0.6 is 0 Å². The normalized spacial score (nSPS) is 17.5. The molecule has 7 heteroatoms. The summed E-state index contributed by atoms with van der Waals surface area (Å²) >= 11 is 0. The summed E-state index contributed by atoms with van der Waals surface area (Å²) in [5.41, 5.74) is 2.51. The van der Waals surface area contributed by atoms with Gasteiger partial charge in [0.1, 0.15) is 22.8 Å². The van der Waals surface area contributed by atoms with Crippen LogP contribution in [0.15, 0.2) is 39.4 Å². The number of hydrogen-bond acceptors (Lipinski definition) is 5. The first-order chi connectivity index (χ1) is 13.5. The lowest BCUT2D eigenvalue weighted by Crippen LogP contribution is -2.35. The molecule has 3 aromatic rings. The van der Waals surface area contributed by atoms with Crippen molar-refractivity contribution >= 4 is 5.91 Å². The number of rotatable bonds is 3. The van der Waals surface area contributed by atoms with Crippen molar-refractivity contribution in [3.05, 3.63) is 58.9 Å². The Kier molecular flexibility index (Phi) is 4.98. The molecule has 3 heterocycles. The standard InChI is InChI=1S/C21H22FN3O3/c1-13-20(14(2)27-23-13)21(26)25-11-5-3-4-6-18(25)19-12-17(24-28-19)15-7-9-16(22)10-8-15/h7-10,12,18H,3-6,11H2,1-2H3. The molecule has 1 atom stereocenters. The lowest BCUT2D eigenvalue weighted by molar-refractivity contribution is 0.0648. The summed E-state index contributed by atoms with van der Waals surface area (Å²) in [7, 11) is 0. The molecule has 0 spiro atoms. The van der Waals surface area contributed by atoms with Crippen molar-refractivity contribution in [3.8, 4) is 11.3 Å². The van der Waals surface area contributed by atoms with Crippen molar-refractivity contribution < 1.29 is 18.2 Å². The number of benzene rings is 1. The molecule has 4 rings (SSSR count). The van der Waals surface area contributed by atoms with Crippen LogP contribution in [-0.4, -0.2) is 27.7 Å². The van der Waals surface area contributed by atoms with E-state index in [1.165, 1.54) is 12.1 Å². The molecule has 1 saturated heterocycles. The van der Waals surface area contributed by atoms with E-state index < -0.39 is 0 Å². The molecule has 1 amide bonds. The molecule has 1 aromatic carbocycles. The highest BCUT2D eigenvalue weighted by atomic mass is 19.1. The van der Waals surface area contributed by atoms with Crippen LogP contribution in [0.2, 0.25) is 0 Å². The van der Waals surface area contributed by atoms with Gasteiger partial charge in [0, 0.05) is 18.2 Å². The van der Waals surface area contributed by atoms with Gasteiger partial charge in [-0.2, -0.15) is 0 Å². The highest BCUT2D eigenvalue weighted by molar-refractivity contribution is 5.96. The molecule has 146 valence electrons. The van der Waals surface area contributed by atoms with Crippen LogP contribution in [0.4, 0.5) is 4.39 Å². The maximum Gasteiger partial charge on any atom is 0.259 e. The Hall–Kier alpha value is -2.96. The minimum absolute atomic E-state index is 0.0946. The molecule has 1 aliphatic heterocycles. The van der Waals surface area contributed by atoms with Crippen LogP contribution in [0.5, 0.6) is 0 Å². The van der Waals surface area contributed by atoms with Crippen LogP contribution in [0.3, 0.4) is 0 Å². The van der Waals surface area contributed by atoms with Gasteiger partial charge >= 0.3 is 0 Å². The molecular weight excluding hydrogens is 361 g/mol. The van der Waals surface area contributed by atoms with E-state index in [9.17, 15) is 9.18 Å². The molecular formula is C21H22FN3O3. The maximum atomic E-state index is 13.3. The van der Waals surface area contributed by atoms with Crippen molar-refractivity contribution in [1.82, 2.24) is 15.2 Å². The predicted molar refractivity (Wildman–Crippen MR) is 100 cm³/mol. The van der Waals surface area contributed by atoms with Crippen molar-refractivity contribution in [1.29, 1.82) is 0 Å². The molecule has 6 nitrogen and oxygen atoms in total. The fraction of sp³-hybridized carbons (Fsp3) is 0.381. The van der Waals surface area contributed by atoms with E-state index in [-0.39, 0.29) is 17.8 Å². The molecule has 0 bridgehead atoms. The fourth-order valence-electron chi connectivity index (χ4n) is 3.78. The van der Waals surface area contributed by atoms with Crippen molar-refractivity contribution in [2.75, 3.05) is 6.54 Å². The zero-order valence-electron chi connectivity index (χ0n) is 15.9. The van der Waals surface area contributed by atoms with E-state index in [0.29, 0.717) is 35.0 Å². The van der Waals surface area contributed by atoms with Crippen molar-refractivity contribution in [3.63, 3.8) is 0 Å². The van der Waals surface area contributed by atoms with Crippen molar-refractivity contribution in [2.24, 2.45) is 0 Å². The molecule has 0 N–H and O–H groups in total. The van der Waals surface area contributed by atoms with Gasteiger partial charge in [-0.25, -0.2) is 4.39 Å². The Balaban J connectivity index is 1.66. The Morgan fingerprint density at radius 1 is 1.11 bits per heavy atom. The third kappa shape index (κ3) is 3.44. The number of hydrogen-bond donors (Lipinski definition) is 0. The van der Waals surface area contributed by atoms with E-state index in [1.54, 1.807) is 26.0 Å². The number of aromatic nitrogens is 2. The summed E-state index contributed by atoms with van der Waals surface area (Å²) in [5.74, 6) is 0.770. The zero-order chi connectivity index (χ0) is 19.7. The first-order valence-electron chi connectivity index (χ1n) is 9.51. The number of carbonyl (C=O) groups is 1. The number of carbonyl (C=O) groups excluding carboxylic acids is 1. The largest absolute Gasteiger partial charge is 0.361 e. The Bertz CT molecular complexity index is 958. The number of aryl methyl sites for hydroxylation is 2. The third-order valence-corrected chi connectivity index (χ3v) is 5.26. The van der Waals surface area contributed by atoms with E-state index in [0.717, 1.165) is 31.2 Å². The summed E-state index contributed by atoms with van der Waals surface area (Å²) in [4.78, 5) is 15.1. The van der Waals surface area contributed by atoms with Crippen LogP contribution in [0, 0.1) is 19.7 Å². The minimum atomic E-state index is -0.299. The smallest absolute Gasteiger partial charge is 0.259 e. The third-order valence-electron chi connectivity index (χ3n) is 5.26. The molecule has 2 aromatic heterocycles. The Labute approximate surface area is 162 Å². The SMILES string of the molecule is Cc1noc(C)c1C(=O)N1CCCCCC1c1cc(-c2ccc(F)cc2)no1. The van der Waals surface area contributed by atoms with Gasteiger partial charge < -0.3 is 13.9 Å². The number of amides is 1. The van der Waals surface area contributed by atoms with Crippen LogP contribution in [0.25, 0.3) is 11.3 Å². The van der Waals surface area contributed by atoms with E-state index in [2.05, 4.69) is 10.3 Å². The van der Waals surface area contributed by atoms with Gasteiger partial charge in [0.2, 0.25) is 0 Å². The summed E-state index contributed by atoms with van der Waals surface area (Å²) in [5, 5.41) is 8.06. The summed E-state index contributed by atoms with van der Waals surface area (Å²) in [6.45, 7) is 4.17. The second-order valence-corrected chi connectivity index (χ2v) is 7.18. The monoisotopic (exact) mass is 383 g/mol. The number of likely N-dealkylation sites (tertiary alicyclic amines) is 1. The van der Waals surface area contributed by atoms with Gasteiger partial charge in [0.15, 0.2) is 5.76 Å². The minimum Gasteiger partial charge on any atom is -0.361 e. The molecule has 1 unspecified atom stereocenters. The molecule has 0 aliphatic carbocycles. The van der Waals surface area contributed by atoms with Crippen LogP contribution in [0.1, 0.15) is 59.3 Å². The first-order valence-corrected chi connectivity index (χ1v) is 9.51. The Morgan fingerprint density at radius 3 is 2.61 bits per heavy atom. The number of halogens is 1. The summed E-state index contributed by atoms with van der Waals surface area (Å²) in [6, 6.07) is 7.75. The molecule has 1 fully saturated rings. The Morgan fingerprint density at radius 2 is 1.89 bits per heavy atom. The highest BCUT2D eigenvalue weighted by Gasteiger charge is 2.33. The van der Waals surface area contributed by atoms with E-state index >= 15 is 0 Å². The second kappa shape index (κ2) is 7.58. The van der Waals surface area contributed by atoms with Crippen LogP contribution in [-0.2, 0) is 0 Å². The van der Waals surface area contributed by atoms with Crippen LogP contribution < -0.4 is 0 Å². The molecule has 28 heavy (non-hydrogen) atoms. The maximum absolute atomic E-state index is 13.3. The lowest BCUT2D eigenvalue weighted by Gasteiger charge is -2.28. The predicted octanol–water partition coefficient (Wildman–Crippen LogP) is 4.84. The van der Waals surface area contributed by atoms with Gasteiger partial charge in [-0.15, -0.1) is 0 Å². The lowest BCUT2D eigenvalue weighted by atomic mass is 10.0. The topological polar surface area (TPSA) is 72.4 Å². The van der Waals surface area contributed by atoms with E-state index in [4.69, 9.17) is 9.05 Å². The average Bonchev–Trinajstić information content (AvgIpc) is 3.21. The van der Waals surface area contributed by atoms with Gasteiger partial charge in [-0.3, -0.25) is 4.79 Å². The second-order valence-electron chi connectivity index (χ2n) is 7.18. The molecule has 0 saturated carbocycles. The average molecular weight is 383 g/mol. The molecule has 0 radical (unpaired) electrons. The van der Waals surface area contributed by atoms with Gasteiger partial charge in [0.05, 0.1) is 11.7 Å². The van der Waals surface area contributed by atoms with Gasteiger partial charge in [-0.1, -0.05) is 23.2 Å². The van der Waals surface area contributed by atoms with Gasteiger partial charge in [-0.05, 0) is 51.0 Å². The zero-order valence-corrected chi connectivity index (χ0v) is 15.9. The van der Waals surface area contributed by atoms with E-state index in [1.807, 2.05) is 11.0 Å². The summed E-state index contributed by atoms with van der Waals surface area (Å²) in [6.07, 6.45) is 3.79. The number of nitrogens with zero attached hydrogens (tertiary/aromatic N) is 3. The molecule has 1 aliphatic rings. The summed E-state index contributed by atoms with van der Waals surface area (Å²) < 4.78 is 24.0. The highest BCUT2D eigenvalue weighted by Crippen LogP contribution is 2.34. The van der Waals surface area contributed by atoms with Crippen molar-refractivity contribution in [2.45, 2.75) is 45.6 Å².